The Hall–Kier alpha value is -3.10. The second-order valence-electron chi connectivity index (χ2n) is 7.56. The van der Waals surface area contributed by atoms with Crippen LogP contribution in [0.25, 0.3) is 10.9 Å². The van der Waals surface area contributed by atoms with Gasteiger partial charge in [-0.25, -0.2) is 0 Å². The Bertz CT molecular complexity index is 1110. The van der Waals surface area contributed by atoms with E-state index in [9.17, 15) is 4.79 Å². The molecule has 0 aliphatic heterocycles. The normalized spacial score (nSPS) is 10.8. The lowest BCUT2D eigenvalue weighted by molar-refractivity contribution is 0.145. The van der Waals surface area contributed by atoms with Crippen LogP contribution in [0.5, 0.6) is 11.5 Å². The van der Waals surface area contributed by atoms with Crippen molar-refractivity contribution in [3.8, 4) is 11.5 Å². The van der Waals surface area contributed by atoms with E-state index in [0.717, 1.165) is 28.6 Å². The molecule has 7 nitrogen and oxygen atoms in total. The SMILES string of the molecule is CCOCCCNC(=S)N(Cc1ccc(OC)cc1)Cc1cc2ccc(OC)cc2[nH]c1=O. The molecule has 0 bridgehead atoms. The highest BCUT2D eigenvalue weighted by Crippen LogP contribution is 2.20. The fraction of sp³-hybridized carbons (Fsp3) is 0.360. The van der Waals surface area contributed by atoms with Crippen LogP contribution in [-0.4, -0.2) is 49.0 Å². The molecule has 3 rings (SSSR count). The van der Waals surface area contributed by atoms with E-state index in [2.05, 4.69) is 10.3 Å². The Balaban J connectivity index is 1.80. The zero-order chi connectivity index (χ0) is 23.6. The maximum absolute atomic E-state index is 12.8. The molecule has 0 saturated heterocycles. The highest BCUT2D eigenvalue weighted by atomic mass is 32.1. The number of rotatable bonds is 11. The van der Waals surface area contributed by atoms with E-state index in [1.165, 1.54) is 0 Å². The molecule has 0 spiro atoms. The van der Waals surface area contributed by atoms with Gasteiger partial charge in [0.05, 0.1) is 26.3 Å². The van der Waals surface area contributed by atoms with Crippen molar-refractivity contribution in [2.75, 3.05) is 34.0 Å². The first-order chi connectivity index (χ1) is 16.0. The fourth-order valence-electron chi connectivity index (χ4n) is 3.45. The van der Waals surface area contributed by atoms with E-state index >= 15 is 0 Å². The van der Waals surface area contributed by atoms with Gasteiger partial charge in [0.15, 0.2) is 5.11 Å². The standard InChI is InChI=1S/C25H31N3O4S/c1-4-32-13-5-12-26-25(33)28(16-18-6-9-21(30-2)10-7-18)17-20-14-19-8-11-22(31-3)15-23(19)27-24(20)29/h6-11,14-15H,4-5,12-13,16-17H2,1-3H3,(H,26,33)(H,27,29). The minimum atomic E-state index is -0.144. The van der Waals surface area contributed by atoms with Gasteiger partial charge in [-0.1, -0.05) is 12.1 Å². The number of ether oxygens (including phenoxy) is 3. The quantitative estimate of drug-likeness (QED) is 0.326. The number of pyridine rings is 1. The summed E-state index contributed by atoms with van der Waals surface area (Å²) in [7, 11) is 3.25. The highest BCUT2D eigenvalue weighted by Gasteiger charge is 2.14. The molecule has 0 atom stereocenters. The van der Waals surface area contributed by atoms with Crippen LogP contribution in [0, 0.1) is 0 Å². The van der Waals surface area contributed by atoms with Crippen LogP contribution < -0.4 is 20.3 Å². The average molecular weight is 470 g/mol. The van der Waals surface area contributed by atoms with Crippen molar-refractivity contribution in [3.63, 3.8) is 0 Å². The van der Waals surface area contributed by atoms with Crippen LogP contribution in [-0.2, 0) is 17.8 Å². The number of H-pyrrole nitrogens is 1. The molecule has 0 aliphatic rings. The lowest BCUT2D eigenvalue weighted by Crippen LogP contribution is -2.40. The van der Waals surface area contributed by atoms with Crippen LogP contribution in [0.3, 0.4) is 0 Å². The monoisotopic (exact) mass is 469 g/mol. The van der Waals surface area contributed by atoms with E-state index in [1.54, 1.807) is 14.2 Å². The Morgan fingerprint density at radius 3 is 2.45 bits per heavy atom. The van der Waals surface area contributed by atoms with Crippen molar-refractivity contribution in [1.29, 1.82) is 0 Å². The molecular formula is C25H31N3O4S. The van der Waals surface area contributed by atoms with Gasteiger partial charge in [0.2, 0.25) is 0 Å². The lowest BCUT2D eigenvalue weighted by Gasteiger charge is -2.26. The van der Waals surface area contributed by atoms with Gasteiger partial charge in [-0.05, 0) is 66.8 Å². The molecule has 8 heteroatoms. The van der Waals surface area contributed by atoms with Crippen molar-refractivity contribution in [1.82, 2.24) is 15.2 Å². The molecule has 3 aromatic rings. The van der Waals surface area contributed by atoms with Crippen molar-refractivity contribution in [2.24, 2.45) is 0 Å². The molecule has 0 unspecified atom stereocenters. The molecule has 2 N–H and O–H groups in total. The summed E-state index contributed by atoms with van der Waals surface area (Å²) in [5, 5.41) is 4.83. The van der Waals surface area contributed by atoms with E-state index in [-0.39, 0.29) is 5.56 Å². The zero-order valence-corrected chi connectivity index (χ0v) is 20.2. The second kappa shape index (κ2) is 12.2. The van der Waals surface area contributed by atoms with Gasteiger partial charge in [0.25, 0.3) is 5.56 Å². The number of aromatic amines is 1. The number of hydrogen-bond acceptors (Lipinski definition) is 5. The number of nitrogens with one attached hydrogen (secondary N) is 2. The predicted molar refractivity (Wildman–Crippen MR) is 135 cm³/mol. The molecule has 0 fully saturated rings. The highest BCUT2D eigenvalue weighted by molar-refractivity contribution is 7.80. The van der Waals surface area contributed by atoms with Crippen molar-refractivity contribution in [2.45, 2.75) is 26.4 Å². The van der Waals surface area contributed by atoms with Gasteiger partial charge in [-0.2, -0.15) is 0 Å². The first-order valence-electron chi connectivity index (χ1n) is 11.0. The summed E-state index contributed by atoms with van der Waals surface area (Å²) < 4.78 is 15.9. The predicted octanol–water partition coefficient (Wildman–Crippen LogP) is 3.85. The fourth-order valence-corrected chi connectivity index (χ4v) is 3.68. The summed E-state index contributed by atoms with van der Waals surface area (Å²) in [6, 6.07) is 15.4. The number of fused-ring (bicyclic) bond motifs is 1. The minimum absolute atomic E-state index is 0.144. The molecule has 0 aliphatic carbocycles. The molecule has 0 saturated carbocycles. The zero-order valence-electron chi connectivity index (χ0n) is 19.3. The van der Waals surface area contributed by atoms with Gasteiger partial charge in [-0.3, -0.25) is 4.79 Å². The van der Waals surface area contributed by atoms with E-state index < -0.39 is 0 Å². The van der Waals surface area contributed by atoms with Crippen molar-refractivity contribution < 1.29 is 14.2 Å². The molecule has 176 valence electrons. The van der Waals surface area contributed by atoms with Crippen LogP contribution in [0.4, 0.5) is 0 Å². The van der Waals surface area contributed by atoms with Gasteiger partial charge in [-0.15, -0.1) is 0 Å². The molecule has 0 amide bonds. The van der Waals surface area contributed by atoms with E-state index in [0.29, 0.717) is 49.3 Å². The number of hydrogen-bond donors (Lipinski definition) is 2. The Morgan fingerprint density at radius 1 is 1.03 bits per heavy atom. The Morgan fingerprint density at radius 2 is 1.76 bits per heavy atom. The largest absolute Gasteiger partial charge is 0.497 e. The third kappa shape index (κ3) is 6.94. The van der Waals surface area contributed by atoms with Crippen LogP contribution in [0.15, 0.2) is 53.3 Å². The Kier molecular flexibility index (Phi) is 9.09. The Labute approximate surface area is 199 Å². The third-order valence-corrected chi connectivity index (χ3v) is 5.66. The maximum Gasteiger partial charge on any atom is 0.253 e. The smallest absolute Gasteiger partial charge is 0.253 e. The summed E-state index contributed by atoms with van der Waals surface area (Å²) in [6.07, 6.45) is 0.850. The number of benzene rings is 2. The second-order valence-corrected chi connectivity index (χ2v) is 7.95. The summed E-state index contributed by atoms with van der Waals surface area (Å²) in [6.45, 7) is 4.99. The molecular weight excluding hydrogens is 438 g/mol. The van der Waals surface area contributed by atoms with Gasteiger partial charge in [0, 0.05) is 37.9 Å². The number of thiocarbonyl (C=S) groups is 1. The third-order valence-electron chi connectivity index (χ3n) is 5.26. The van der Waals surface area contributed by atoms with Crippen LogP contribution in [0.2, 0.25) is 0 Å². The topological polar surface area (TPSA) is 75.8 Å². The van der Waals surface area contributed by atoms with Gasteiger partial charge >= 0.3 is 0 Å². The average Bonchev–Trinajstić information content (AvgIpc) is 2.83. The maximum atomic E-state index is 12.8. The summed E-state index contributed by atoms with van der Waals surface area (Å²) in [5.74, 6) is 1.49. The van der Waals surface area contributed by atoms with Crippen molar-refractivity contribution >= 4 is 28.2 Å². The molecule has 33 heavy (non-hydrogen) atoms. The van der Waals surface area contributed by atoms with Crippen LogP contribution in [0.1, 0.15) is 24.5 Å². The molecule has 1 aromatic heterocycles. The summed E-state index contributed by atoms with van der Waals surface area (Å²) in [5.41, 5.74) is 2.30. The minimum Gasteiger partial charge on any atom is -0.497 e. The van der Waals surface area contributed by atoms with Crippen molar-refractivity contribution in [3.05, 3.63) is 70.0 Å². The lowest BCUT2D eigenvalue weighted by atomic mass is 10.1. The number of nitrogens with zero attached hydrogens (tertiary/aromatic N) is 1. The summed E-state index contributed by atoms with van der Waals surface area (Å²) >= 11 is 5.69. The van der Waals surface area contributed by atoms with Gasteiger partial charge in [0.1, 0.15) is 11.5 Å². The summed E-state index contributed by atoms with van der Waals surface area (Å²) in [4.78, 5) is 17.8. The molecule has 0 radical (unpaired) electrons. The first kappa shape index (κ1) is 24.5. The first-order valence-corrected chi connectivity index (χ1v) is 11.4. The number of aromatic nitrogens is 1. The van der Waals surface area contributed by atoms with Crippen LogP contribution >= 0.6 is 12.2 Å². The number of methoxy groups -OCH3 is 2. The molecule has 1 heterocycles. The molecule has 2 aromatic carbocycles. The van der Waals surface area contributed by atoms with E-state index in [1.807, 2.05) is 60.4 Å². The van der Waals surface area contributed by atoms with Gasteiger partial charge < -0.3 is 29.4 Å². The van der Waals surface area contributed by atoms with E-state index in [4.69, 9.17) is 26.4 Å².